The van der Waals surface area contributed by atoms with Crippen LogP contribution in [0.25, 0.3) is 0 Å². The average molecular weight is 450 g/mol. The summed E-state index contributed by atoms with van der Waals surface area (Å²) in [6, 6.07) is 1.38. The second kappa shape index (κ2) is 11.9. The second-order valence-corrected chi connectivity index (χ2v) is 7.24. The molecule has 10 heteroatoms. The Hall–Kier alpha value is -3.30. The standard InChI is InChI=1S/C22H31N3O7/c1-5-8-9-10-11-32-20-16(25(28)29)12-14(13-17(20)30-4)19-18(21(26)31-7-3)15(6-2)23-22(27)24-19/h12-13,19H,5-11H2,1-4H3,(H2,23,24,27). The number of nitrogens with zero attached hydrogens (tertiary/aromatic N) is 1. The molecular formula is C22H31N3O7. The molecule has 0 aliphatic carbocycles. The molecule has 1 aromatic rings. The van der Waals surface area contributed by atoms with Gasteiger partial charge in [-0.3, -0.25) is 10.1 Å². The highest BCUT2D eigenvalue weighted by atomic mass is 16.6. The predicted molar refractivity (Wildman–Crippen MR) is 118 cm³/mol. The summed E-state index contributed by atoms with van der Waals surface area (Å²) in [4.78, 5) is 36.1. The van der Waals surface area contributed by atoms with Crippen molar-refractivity contribution in [3.63, 3.8) is 0 Å². The summed E-state index contributed by atoms with van der Waals surface area (Å²) in [5.41, 5.74) is 0.605. The smallest absolute Gasteiger partial charge is 0.338 e. The lowest BCUT2D eigenvalue weighted by Gasteiger charge is -2.29. The van der Waals surface area contributed by atoms with Crippen molar-refractivity contribution >= 4 is 17.7 Å². The lowest BCUT2D eigenvalue weighted by molar-refractivity contribution is -0.386. The molecule has 1 aromatic carbocycles. The fourth-order valence-corrected chi connectivity index (χ4v) is 3.51. The molecule has 2 N–H and O–H groups in total. The molecule has 2 amide bonds. The number of hydrogen-bond donors (Lipinski definition) is 2. The molecule has 1 aliphatic heterocycles. The minimum atomic E-state index is -0.941. The van der Waals surface area contributed by atoms with Crippen molar-refractivity contribution < 1.29 is 28.7 Å². The van der Waals surface area contributed by atoms with E-state index in [9.17, 15) is 19.7 Å². The molecule has 10 nitrogen and oxygen atoms in total. The number of unbranched alkanes of at least 4 members (excludes halogenated alkanes) is 3. The lowest BCUT2D eigenvalue weighted by Crippen LogP contribution is -2.45. The Labute approximate surface area is 187 Å². The molecule has 0 saturated heterocycles. The summed E-state index contributed by atoms with van der Waals surface area (Å²) >= 11 is 0. The van der Waals surface area contributed by atoms with E-state index in [1.165, 1.54) is 19.2 Å². The molecule has 0 bridgehead atoms. The quantitative estimate of drug-likeness (QED) is 0.212. The van der Waals surface area contributed by atoms with E-state index < -0.39 is 23.0 Å². The Morgan fingerprint density at radius 3 is 2.53 bits per heavy atom. The number of methoxy groups -OCH3 is 1. The summed E-state index contributed by atoms with van der Waals surface area (Å²) in [5.74, 6) is -0.436. The summed E-state index contributed by atoms with van der Waals surface area (Å²) in [5, 5.41) is 17.1. The van der Waals surface area contributed by atoms with Crippen molar-refractivity contribution in [2.75, 3.05) is 20.3 Å². The highest BCUT2D eigenvalue weighted by Crippen LogP contribution is 2.42. The number of esters is 1. The van der Waals surface area contributed by atoms with Crippen LogP contribution < -0.4 is 20.1 Å². The molecule has 2 rings (SSSR count). The number of amides is 2. The first-order valence-corrected chi connectivity index (χ1v) is 10.8. The van der Waals surface area contributed by atoms with E-state index in [1.54, 1.807) is 13.8 Å². The van der Waals surface area contributed by atoms with Gasteiger partial charge in [-0.2, -0.15) is 0 Å². The van der Waals surface area contributed by atoms with Crippen molar-refractivity contribution in [1.82, 2.24) is 10.6 Å². The molecule has 1 heterocycles. The molecule has 0 fully saturated rings. The molecule has 0 radical (unpaired) electrons. The number of benzene rings is 1. The number of ether oxygens (including phenoxy) is 3. The first kappa shape index (κ1) is 25.0. The van der Waals surface area contributed by atoms with Gasteiger partial charge in [0.25, 0.3) is 0 Å². The second-order valence-electron chi connectivity index (χ2n) is 7.24. The van der Waals surface area contributed by atoms with Gasteiger partial charge < -0.3 is 24.8 Å². The third kappa shape index (κ3) is 5.89. The van der Waals surface area contributed by atoms with Crippen LogP contribution in [-0.2, 0) is 9.53 Å². The zero-order chi connectivity index (χ0) is 23.7. The normalized spacial score (nSPS) is 15.6. The van der Waals surface area contributed by atoms with Gasteiger partial charge >= 0.3 is 17.7 Å². The molecule has 1 unspecified atom stereocenters. The molecule has 0 aromatic heterocycles. The van der Waals surface area contributed by atoms with E-state index in [4.69, 9.17) is 14.2 Å². The van der Waals surface area contributed by atoms with Gasteiger partial charge in [0.15, 0.2) is 5.75 Å². The summed E-state index contributed by atoms with van der Waals surface area (Å²) in [7, 11) is 1.38. The van der Waals surface area contributed by atoms with Gasteiger partial charge in [0.1, 0.15) is 0 Å². The number of urea groups is 1. The maximum absolute atomic E-state index is 12.7. The lowest BCUT2D eigenvalue weighted by atomic mass is 9.93. The van der Waals surface area contributed by atoms with Gasteiger partial charge in [-0.05, 0) is 31.4 Å². The van der Waals surface area contributed by atoms with Gasteiger partial charge in [0.2, 0.25) is 5.75 Å². The number of nitro benzene ring substituents is 1. The Balaban J connectivity index is 2.51. The fraction of sp³-hybridized carbons (Fsp3) is 0.545. The highest BCUT2D eigenvalue weighted by Gasteiger charge is 2.35. The maximum Gasteiger partial charge on any atom is 0.338 e. The van der Waals surface area contributed by atoms with Crippen molar-refractivity contribution in [2.24, 2.45) is 0 Å². The Morgan fingerprint density at radius 1 is 1.19 bits per heavy atom. The van der Waals surface area contributed by atoms with Crippen LogP contribution in [0.15, 0.2) is 23.4 Å². The Kier molecular flexibility index (Phi) is 9.30. The highest BCUT2D eigenvalue weighted by molar-refractivity contribution is 5.95. The van der Waals surface area contributed by atoms with Gasteiger partial charge in [-0.15, -0.1) is 0 Å². The first-order valence-electron chi connectivity index (χ1n) is 10.8. The van der Waals surface area contributed by atoms with Gasteiger partial charge in [0.05, 0.1) is 36.9 Å². The number of allylic oxidation sites excluding steroid dienone is 1. The SMILES string of the molecule is CCCCCCOc1c(OC)cc(C2NC(=O)NC(CC)=C2C(=O)OCC)cc1[N+](=O)[O-]. The van der Waals surface area contributed by atoms with Crippen molar-refractivity contribution in [1.29, 1.82) is 0 Å². The third-order valence-electron chi connectivity index (χ3n) is 5.05. The number of hydrogen-bond acceptors (Lipinski definition) is 7. The number of carbonyl (C=O) groups is 2. The average Bonchev–Trinajstić information content (AvgIpc) is 2.77. The predicted octanol–water partition coefficient (Wildman–Crippen LogP) is 4.14. The zero-order valence-electron chi connectivity index (χ0n) is 19.0. The van der Waals surface area contributed by atoms with Gasteiger partial charge in [-0.25, -0.2) is 9.59 Å². The van der Waals surface area contributed by atoms with Gasteiger partial charge in [0, 0.05) is 11.8 Å². The number of rotatable bonds is 12. The topological polar surface area (TPSA) is 129 Å². The zero-order valence-corrected chi connectivity index (χ0v) is 19.0. The van der Waals surface area contributed by atoms with E-state index in [0.29, 0.717) is 24.3 Å². The maximum atomic E-state index is 12.7. The van der Waals surface area contributed by atoms with Crippen LogP contribution >= 0.6 is 0 Å². The molecule has 1 aliphatic rings. The summed E-state index contributed by atoms with van der Waals surface area (Å²) < 4.78 is 16.3. The van der Waals surface area contributed by atoms with E-state index >= 15 is 0 Å². The first-order chi connectivity index (χ1) is 15.4. The number of carbonyl (C=O) groups excluding carboxylic acids is 2. The third-order valence-corrected chi connectivity index (χ3v) is 5.05. The fourth-order valence-electron chi connectivity index (χ4n) is 3.51. The van der Waals surface area contributed by atoms with E-state index in [2.05, 4.69) is 17.6 Å². The van der Waals surface area contributed by atoms with Crippen molar-refractivity contribution in [3.05, 3.63) is 39.1 Å². The molecule has 0 saturated carbocycles. The van der Waals surface area contributed by atoms with Crippen LogP contribution in [0.5, 0.6) is 11.5 Å². The van der Waals surface area contributed by atoms with Crippen LogP contribution in [0.4, 0.5) is 10.5 Å². The largest absolute Gasteiger partial charge is 0.493 e. The minimum Gasteiger partial charge on any atom is -0.493 e. The molecule has 32 heavy (non-hydrogen) atoms. The van der Waals surface area contributed by atoms with Crippen LogP contribution in [-0.4, -0.2) is 37.2 Å². The summed E-state index contributed by atoms with van der Waals surface area (Å²) in [6.07, 6.45) is 4.21. The molecule has 0 spiro atoms. The number of nitro groups is 1. The molecule has 176 valence electrons. The van der Waals surface area contributed by atoms with Crippen LogP contribution in [0.2, 0.25) is 0 Å². The molecular weight excluding hydrogens is 418 g/mol. The minimum absolute atomic E-state index is 0.0235. The van der Waals surface area contributed by atoms with E-state index in [1.807, 2.05) is 0 Å². The summed E-state index contributed by atoms with van der Waals surface area (Å²) in [6.45, 7) is 6.02. The van der Waals surface area contributed by atoms with E-state index in [-0.39, 0.29) is 29.4 Å². The van der Waals surface area contributed by atoms with Crippen molar-refractivity contribution in [2.45, 2.75) is 58.9 Å². The van der Waals surface area contributed by atoms with Crippen LogP contribution in [0.1, 0.15) is 64.5 Å². The van der Waals surface area contributed by atoms with Crippen molar-refractivity contribution in [3.8, 4) is 11.5 Å². The van der Waals surface area contributed by atoms with Crippen LogP contribution in [0.3, 0.4) is 0 Å². The molecule has 1 atom stereocenters. The van der Waals surface area contributed by atoms with E-state index in [0.717, 1.165) is 25.7 Å². The number of nitrogens with one attached hydrogen (secondary N) is 2. The Bertz CT molecular complexity index is 883. The Morgan fingerprint density at radius 2 is 1.94 bits per heavy atom. The van der Waals surface area contributed by atoms with Crippen LogP contribution in [0, 0.1) is 10.1 Å². The van der Waals surface area contributed by atoms with Gasteiger partial charge in [-0.1, -0.05) is 33.1 Å². The monoisotopic (exact) mass is 449 g/mol.